The number of hydrogen-bond donors (Lipinski definition) is 0. The normalized spacial score (nSPS) is 22.1. The monoisotopic (exact) mass is 303 g/mol. The van der Waals surface area contributed by atoms with E-state index < -0.39 is 10.0 Å². The van der Waals surface area contributed by atoms with Gasteiger partial charge in [-0.05, 0) is 31.6 Å². The van der Waals surface area contributed by atoms with Crippen molar-refractivity contribution in [1.82, 2.24) is 14.3 Å². The highest BCUT2D eigenvalue weighted by Gasteiger charge is 2.23. The number of halogens is 1. The van der Waals surface area contributed by atoms with Crippen molar-refractivity contribution in [3.8, 4) is 0 Å². The maximum absolute atomic E-state index is 11.5. The Labute approximate surface area is 119 Å². The first-order chi connectivity index (χ1) is 8.95. The number of hydrogen-bond acceptors (Lipinski definition) is 4. The van der Waals surface area contributed by atoms with E-state index in [9.17, 15) is 8.42 Å². The quantitative estimate of drug-likeness (QED) is 0.853. The van der Waals surface area contributed by atoms with Crippen LogP contribution in [0, 0.1) is 5.92 Å². The molecule has 0 amide bonds. The number of rotatable bonds is 3. The van der Waals surface area contributed by atoms with Gasteiger partial charge in [0, 0.05) is 19.3 Å². The minimum absolute atomic E-state index is 0.406. The summed E-state index contributed by atoms with van der Waals surface area (Å²) in [7, 11) is -3.07. The van der Waals surface area contributed by atoms with Crippen LogP contribution in [-0.2, 0) is 16.4 Å². The predicted molar refractivity (Wildman–Crippen MR) is 74.5 cm³/mol. The minimum atomic E-state index is -3.07. The van der Waals surface area contributed by atoms with Crippen molar-refractivity contribution < 1.29 is 8.42 Å². The first-order valence-corrected chi connectivity index (χ1v) is 8.59. The molecule has 1 aromatic heterocycles. The van der Waals surface area contributed by atoms with Crippen molar-refractivity contribution in [3.63, 3.8) is 0 Å². The van der Waals surface area contributed by atoms with Gasteiger partial charge in [-0.25, -0.2) is 17.7 Å². The van der Waals surface area contributed by atoms with E-state index in [-0.39, 0.29) is 0 Å². The maximum Gasteiger partial charge on any atom is 0.211 e. The molecule has 1 aliphatic rings. The van der Waals surface area contributed by atoms with Crippen molar-refractivity contribution in [2.24, 2.45) is 5.92 Å². The minimum Gasteiger partial charge on any atom is -0.260 e. The van der Waals surface area contributed by atoms with Gasteiger partial charge in [-0.15, -0.1) is 0 Å². The smallest absolute Gasteiger partial charge is 0.211 e. The zero-order chi connectivity index (χ0) is 13.9. The van der Waals surface area contributed by atoms with Gasteiger partial charge in [-0.1, -0.05) is 11.6 Å². The third kappa shape index (κ3) is 4.40. The second-order valence-electron chi connectivity index (χ2n) is 5.00. The van der Waals surface area contributed by atoms with Crippen LogP contribution in [0.25, 0.3) is 0 Å². The molecule has 7 heteroatoms. The van der Waals surface area contributed by atoms with E-state index in [1.807, 2.05) is 0 Å². The molecular formula is C12H18ClN3O2S. The van der Waals surface area contributed by atoms with E-state index in [2.05, 4.69) is 9.97 Å². The fourth-order valence-electron chi connectivity index (χ4n) is 2.45. The molecule has 0 spiro atoms. The van der Waals surface area contributed by atoms with Crippen molar-refractivity contribution in [3.05, 3.63) is 23.2 Å². The predicted octanol–water partition coefficient (Wildman–Crippen LogP) is 1.73. The largest absolute Gasteiger partial charge is 0.260 e. The lowest BCUT2D eigenvalue weighted by molar-refractivity contribution is 0.412. The fraction of sp³-hybridized carbons (Fsp3) is 0.667. The highest BCUT2D eigenvalue weighted by molar-refractivity contribution is 7.88. The third-order valence-electron chi connectivity index (χ3n) is 3.43. The molecule has 1 atom stereocenters. The number of sulfonamides is 1. The van der Waals surface area contributed by atoms with Gasteiger partial charge in [0.1, 0.15) is 5.15 Å². The highest BCUT2D eigenvalue weighted by atomic mass is 35.5. The lowest BCUT2D eigenvalue weighted by Crippen LogP contribution is -2.30. The molecule has 19 heavy (non-hydrogen) atoms. The topological polar surface area (TPSA) is 63.2 Å². The van der Waals surface area contributed by atoms with Gasteiger partial charge in [0.2, 0.25) is 10.0 Å². The summed E-state index contributed by atoms with van der Waals surface area (Å²) >= 11 is 5.82. The van der Waals surface area contributed by atoms with Crippen molar-refractivity contribution in [2.75, 3.05) is 19.3 Å². The van der Waals surface area contributed by atoms with E-state index in [1.54, 1.807) is 10.5 Å². The van der Waals surface area contributed by atoms with Gasteiger partial charge in [0.05, 0.1) is 18.1 Å². The second kappa shape index (κ2) is 6.15. The first-order valence-electron chi connectivity index (χ1n) is 6.36. The second-order valence-corrected chi connectivity index (χ2v) is 7.37. The summed E-state index contributed by atoms with van der Waals surface area (Å²) in [5.74, 6) is 0.444. The van der Waals surface area contributed by atoms with Gasteiger partial charge in [-0.2, -0.15) is 0 Å². The van der Waals surface area contributed by atoms with Crippen molar-refractivity contribution in [2.45, 2.75) is 25.7 Å². The molecule has 0 aromatic carbocycles. The summed E-state index contributed by atoms with van der Waals surface area (Å²) < 4.78 is 24.6. The van der Waals surface area contributed by atoms with Crippen LogP contribution >= 0.6 is 11.6 Å². The Morgan fingerprint density at radius 1 is 1.37 bits per heavy atom. The Morgan fingerprint density at radius 2 is 2.16 bits per heavy atom. The van der Waals surface area contributed by atoms with Crippen LogP contribution in [0.5, 0.6) is 0 Å². The van der Waals surface area contributed by atoms with Gasteiger partial charge in [0.15, 0.2) is 0 Å². The van der Waals surface area contributed by atoms with E-state index >= 15 is 0 Å². The van der Waals surface area contributed by atoms with Crippen LogP contribution in [0.4, 0.5) is 0 Å². The van der Waals surface area contributed by atoms with Crippen LogP contribution in [0.2, 0.25) is 5.15 Å². The van der Waals surface area contributed by atoms with E-state index in [0.717, 1.165) is 31.4 Å². The maximum atomic E-state index is 11.5. The Hall–Kier alpha value is -0.720. The number of nitrogens with zero attached hydrogens (tertiary/aromatic N) is 3. The molecule has 1 saturated heterocycles. The van der Waals surface area contributed by atoms with Crippen molar-refractivity contribution in [1.29, 1.82) is 0 Å². The zero-order valence-corrected chi connectivity index (χ0v) is 12.5. The summed E-state index contributed by atoms with van der Waals surface area (Å²) in [5.41, 5.74) is 0.880. The van der Waals surface area contributed by atoms with Crippen LogP contribution in [0.3, 0.4) is 0 Å². The van der Waals surface area contributed by atoms with Gasteiger partial charge >= 0.3 is 0 Å². The van der Waals surface area contributed by atoms with Gasteiger partial charge in [0.25, 0.3) is 0 Å². The standard InChI is InChI=1S/C12H18ClN3O2S/c1-19(17,18)16-5-2-3-10(4-6-16)7-11-8-14-9-12(13)15-11/h8-10H,2-7H2,1H3/t10-/m0/s1. The molecule has 2 rings (SSSR count). The molecule has 0 unspecified atom stereocenters. The summed E-state index contributed by atoms with van der Waals surface area (Å²) in [6.45, 7) is 1.22. The number of aromatic nitrogens is 2. The van der Waals surface area contributed by atoms with Crippen LogP contribution in [0.15, 0.2) is 12.4 Å². The molecule has 0 saturated carbocycles. The highest BCUT2D eigenvalue weighted by Crippen LogP contribution is 2.22. The molecule has 5 nitrogen and oxygen atoms in total. The molecule has 1 fully saturated rings. The Morgan fingerprint density at radius 3 is 2.84 bits per heavy atom. The average molecular weight is 304 g/mol. The fourth-order valence-corrected chi connectivity index (χ4v) is 3.51. The molecule has 0 N–H and O–H groups in total. The summed E-state index contributed by atoms with van der Waals surface area (Å²) in [5, 5.41) is 0.406. The molecule has 2 heterocycles. The summed E-state index contributed by atoms with van der Waals surface area (Å²) in [6.07, 6.45) is 8.10. The lowest BCUT2D eigenvalue weighted by Gasteiger charge is -2.17. The molecule has 0 bridgehead atoms. The molecule has 106 valence electrons. The molecule has 0 aliphatic carbocycles. The van der Waals surface area contributed by atoms with E-state index in [1.165, 1.54) is 12.5 Å². The van der Waals surface area contributed by atoms with Gasteiger partial charge < -0.3 is 0 Å². The van der Waals surface area contributed by atoms with Crippen molar-refractivity contribution >= 4 is 21.6 Å². The molecule has 1 aliphatic heterocycles. The van der Waals surface area contributed by atoms with Crippen LogP contribution in [-0.4, -0.2) is 42.0 Å². The van der Waals surface area contributed by atoms with Crippen LogP contribution in [0.1, 0.15) is 25.0 Å². The lowest BCUT2D eigenvalue weighted by atomic mass is 9.95. The zero-order valence-electron chi connectivity index (χ0n) is 10.9. The third-order valence-corrected chi connectivity index (χ3v) is 4.91. The SMILES string of the molecule is CS(=O)(=O)N1CCC[C@H](Cc2cncc(Cl)n2)CC1. The van der Waals surface area contributed by atoms with Gasteiger partial charge in [-0.3, -0.25) is 4.98 Å². The van der Waals surface area contributed by atoms with E-state index in [4.69, 9.17) is 11.6 Å². The van der Waals surface area contributed by atoms with E-state index in [0.29, 0.717) is 24.2 Å². The molecule has 1 aromatic rings. The summed E-state index contributed by atoms with van der Waals surface area (Å²) in [6, 6.07) is 0. The summed E-state index contributed by atoms with van der Waals surface area (Å²) in [4.78, 5) is 8.26. The Balaban J connectivity index is 1.96. The Kier molecular flexibility index (Phi) is 4.76. The first kappa shape index (κ1) is 14.7. The Bertz CT molecular complexity index is 536. The van der Waals surface area contributed by atoms with Crippen LogP contribution < -0.4 is 0 Å². The molecular weight excluding hydrogens is 286 g/mol. The molecule has 0 radical (unpaired) electrons. The average Bonchev–Trinajstić information content (AvgIpc) is 2.54.